The molecule has 0 bridgehead atoms. The van der Waals surface area contributed by atoms with E-state index in [0.717, 1.165) is 26.1 Å². The number of rotatable bonds is 4. The van der Waals surface area contributed by atoms with Crippen molar-refractivity contribution in [2.24, 2.45) is 16.6 Å². The molecule has 1 heterocycles. The molecule has 0 aromatic carbocycles. The maximum atomic E-state index is 5.65. The van der Waals surface area contributed by atoms with Crippen LogP contribution in [0.25, 0.3) is 0 Å². The van der Waals surface area contributed by atoms with E-state index in [2.05, 4.69) is 4.90 Å². The normalized spacial score (nSPS) is 21.0. The number of likely N-dealkylation sites (tertiary alicyclic amines) is 1. The predicted octanol–water partition coefficient (Wildman–Crippen LogP) is -0.699. The largest absolute Gasteiger partial charge is 0.314 e. The minimum Gasteiger partial charge on any atom is -0.314 e. The first-order valence-corrected chi connectivity index (χ1v) is 5.11. The molecule has 72 valence electrons. The molecule has 0 amide bonds. The fraction of sp³-hybridized carbons (Fsp3) is 1.00. The van der Waals surface area contributed by atoms with Gasteiger partial charge in [-0.1, -0.05) is 11.9 Å². The van der Waals surface area contributed by atoms with Gasteiger partial charge < -0.3 is 16.4 Å². The highest BCUT2D eigenvalue weighted by Crippen LogP contribution is 2.18. The molecule has 0 aliphatic carbocycles. The Morgan fingerprint density at radius 2 is 2.08 bits per heavy atom. The SMILES string of the molecule is CC(N)(N)CCN1CC(SN)C1. The van der Waals surface area contributed by atoms with Gasteiger partial charge in [-0.3, -0.25) is 5.14 Å². The average Bonchev–Trinajstić information content (AvgIpc) is 1.82. The van der Waals surface area contributed by atoms with Crippen LogP contribution in [0.3, 0.4) is 0 Å². The van der Waals surface area contributed by atoms with Crippen molar-refractivity contribution in [1.82, 2.24) is 4.90 Å². The summed E-state index contributed by atoms with van der Waals surface area (Å²) in [5.41, 5.74) is 10.8. The molecule has 0 unspecified atom stereocenters. The van der Waals surface area contributed by atoms with Crippen LogP contribution in [0.1, 0.15) is 13.3 Å². The van der Waals surface area contributed by atoms with Gasteiger partial charge in [0.2, 0.25) is 0 Å². The smallest absolute Gasteiger partial charge is 0.0619 e. The summed E-state index contributed by atoms with van der Waals surface area (Å²) in [6.07, 6.45) is 0.842. The first-order chi connectivity index (χ1) is 5.51. The quantitative estimate of drug-likeness (QED) is 0.403. The van der Waals surface area contributed by atoms with Crippen molar-refractivity contribution in [2.75, 3.05) is 19.6 Å². The second-order valence-electron chi connectivity index (χ2n) is 3.77. The molecule has 1 rings (SSSR count). The molecule has 4 nitrogen and oxygen atoms in total. The summed E-state index contributed by atoms with van der Waals surface area (Å²) in [6.45, 7) is 5.00. The summed E-state index contributed by atoms with van der Waals surface area (Å²) in [7, 11) is 0. The van der Waals surface area contributed by atoms with Crippen LogP contribution in [0.4, 0.5) is 0 Å². The second-order valence-corrected chi connectivity index (χ2v) is 4.71. The monoisotopic (exact) mass is 190 g/mol. The van der Waals surface area contributed by atoms with Crippen LogP contribution in [0, 0.1) is 0 Å². The van der Waals surface area contributed by atoms with Crippen molar-refractivity contribution in [1.29, 1.82) is 0 Å². The zero-order valence-corrected chi connectivity index (χ0v) is 8.31. The maximum absolute atomic E-state index is 5.65. The Balaban J connectivity index is 2.04. The van der Waals surface area contributed by atoms with Gasteiger partial charge in [-0.2, -0.15) is 0 Å². The molecule has 5 heteroatoms. The molecule has 0 radical (unpaired) electrons. The summed E-state index contributed by atoms with van der Waals surface area (Å²) in [4.78, 5) is 2.32. The van der Waals surface area contributed by atoms with Crippen LogP contribution >= 0.6 is 11.9 Å². The van der Waals surface area contributed by atoms with Gasteiger partial charge in [0, 0.05) is 24.9 Å². The van der Waals surface area contributed by atoms with Crippen molar-refractivity contribution >= 4 is 11.9 Å². The van der Waals surface area contributed by atoms with E-state index in [1.165, 1.54) is 11.9 Å². The molecule has 0 aromatic heterocycles. The van der Waals surface area contributed by atoms with Crippen molar-refractivity contribution in [3.63, 3.8) is 0 Å². The molecular weight excluding hydrogens is 172 g/mol. The Morgan fingerprint density at radius 3 is 2.50 bits per heavy atom. The number of hydrogen-bond donors (Lipinski definition) is 3. The summed E-state index contributed by atoms with van der Waals surface area (Å²) >= 11 is 1.44. The van der Waals surface area contributed by atoms with Crippen LogP contribution in [0.5, 0.6) is 0 Å². The van der Waals surface area contributed by atoms with Gasteiger partial charge in [0.15, 0.2) is 0 Å². The Labute approximate surface area is 78.0 Å². The molecule has 1 saturated heterocycles. The van der Waals surface area contributed by atoms with E-state index in [-0.39, 0.29) is 0 Å². The molecule has 0 atom stereocenters. The molecular formula is C7H18N4S. The fourth-order valence-corrected chi connectivity index (χ4v) is 1.78. The Morgan fingerprint density at radius 1 is 1.50 bits per heavy atom. The van der Waals surface area contributed by atoms with Crippen LogP contribution in [0.2, 0.25) is 0 Å². The molecule has 0 aromatic rings. The minimum atomic E-state index is -0.527. The molecule has 0 spiro atoms. The maximum Gasteiger partial charge on any atom is 0.0619 e. The highest BCUT2D eigenvalue weighted by atomic mass is 32.2. The lowest BCUT2D eigenvalue weighted by molar-refractivity contribution is 0.174. The average molecular weight is 190 g/mol. The molecule has 1 aliphatic heterocycles. The number of nitrogens with two attached hydrogens (primary N) is 3. The molecule has 1 aliphatic rings. The third kappa shape index (κ3) is 3.28. The van der Waals surface area contributed by atoms with Gasteiger partial charge in [-0.05, 0) is 13.3 Å². The van der Waals surface area contributed by atoms with Gasteiger partial charge >= 0.3 is 0 Å². The summed E-state index contributed by atoms with van der Waals surface area (Å²) in [5.74, 6) is 0. The van der Waals surface area contributed by atoms with Crippen LogP contribution < -0.4 is 16.6 Å². The zero-order valence-electron chi connectivity index (χ0n) is 7.49. The van der Waals surface area contributed by atoms with Crippen molar-refractivity contribution in [3.8, 4) is 0 Å². The zero-order chi connectivity index (χ0) is 9.19. The van der Waals surface area contributed by atoms with Crippen LogP contribution in [0.15, 0.2) is 0 Å². The summed E-state index contributed by atoms with van der Waals surface area (Å²) < 4.78 is 0. The van der Waals surface area contributed by atoms with E-state index in [0.29, 0.717) is 5.25 Å². The van der Waals surface area contributed by atoms with Gasteiger partial charge in [0.1, 0.15) is 0 Å². The van der Waals surface area contributed by atoms with E-state index in [9.17, 15) is 0 Å². The third-order valence-corrected chi connectivity index (χ3v) is 2.77. The lowest BCUT2D eigenvalue weighted by atomic mass is 10.1. The molecule has 12 heavy (non-hydrogen) atoms. The highest BCUT2D eigenvalue weighted by Gasteiger charge is 2.26. The lowest BCUT2D eigenvalue weighted by Gasteiger charge is -2.39. The lowest BCUT2D eigenvalue weighted by Crippen LogP contribution is -2.54. The molecule has 0 saturated carbocycles. The van der Waals surface area contributed by atoms with Gasteiger partial charge in [-0.15, -0.1) is 0 Å². The van der Waals surface area contributed by atoms with Gasteiger partial charge in [0.05, 0.1) is 5.66 Å². The van der Waals surface area contributed by atoms with E-state index < -0.39 is 5.66 Å². The van der Waals surface area contributed by atoms with Crippen LogP contribution in [-0.4, -0.2) is 35.4 Å². The van der Waals surface area contributed by atoms with E-state index >= 15 is 0 Å². The second kappa shape index (κ2) is 3.93. The van der Waals surface area contributed by atoms with Crippen molar-refractivity contribution in [3.05, 3.63) is 0 Å². The van der Waals surface area contributed by atoms with Crippen molar-refractivity contribution in [2.45, 2.75) is 24.3 Å². The van der Waals surface area contributed by atoms with E-state index in [1.807, 2.05) is 6.92 Å². The number of hydrogen-bond acceptors (Lipinski definition) is 5. The standard InChI is InChI=1S/C7H18N4S/c1-7(8,9)2-3-11-4-6(5-11)12-10/h6H,2-5,8-10H2,1H3. The predicted molar refractivity (Wildman–Crippen MR) is 53.4 cm³/mol. The Hall–Kier alpha value is 0.190. The molecule has 1 fully saturated rings. The van der Waals surface area contributed by atoms with Crippen molar-refractivity contribution < 1.29 is 0 Å². The minimum absolute atomic E-state index is 0.527. The first kappa shape index (κ1) is 10.3. The fourth-order valence-electron chi connectivity index (χ4n) is 1.19. The van der Waals surface area contributed by atoms with Gasteiger partial charge in [0.25, 0.3) is 0 Å². The third-order valence-electron chi connectivity index (χ3n) is 2.08. The van der Waals surface area contributed by atoms with Crippen LogP contribution in [-0.2, 0) is 0 Å². The van der Waals surface area contributed by atoms with Gasteiger partial charge in [-0.25, -0.2) is 0 Å². The molecule has 6 N–H and O–H groups in total. The Bertz CT molecular complexity index is 139. The summed E-state index contributed by atoms with van der Waals surface area (Å²) in [5, 5.41) is 6.04. The van der Waals surface area contributed by atoms with E-state index in [4.69, 9.17) is 16.6 Å². The highest BCUT2D eigenvalue weighted by molar-refractivity contribution is 7.97. The first-order valence-electron chi connectivity index (χ1n) is 4.17. The summed E-state index contributed by atoms with van der Waals surface area (Å²) in [6, 6.07) is 0. The van der Waals surface area contributed by atoms with E-state index in [1.54, 1.807) is 0 Å². The topological polar surface area (TPSA) is 81.3 Å². The Kier molecular flexibility index (Phi) is 3.37. The number of nitrogens with zero attached hydrogens (tertiary/aromatic N) is 1.